The lowest BCUT2D eigenvalue weighted by Crippen LogP contribution is -2.23. The lowest BCUT2D eigenvalue weighted by molar-refractivity contribution is -0.113. The molecule has 1 amide bonds. The van der Waals surface area contributed by atoms with E-state index in [-0.39, 0.29) is 23.8 Å². The third-order valence-corrected chi connectivity index (χ3v) is 6.35. The van der Waals surface area contributed by atoms with Gasteiger partial charge in [-0.1, -0.05) is 30.8 Å². The molecule has 0 aliphatic carbocycles. The Morgan fingerprint density at radius 2 is 2.14 bits per heavy atom. The van der Waals surface area contributed by atoms with E-state index in [0.29, 0.717) is 26.6 Å². The van der Waals surface area contributed by atoms with Crippen LogP contribution in [0.3, 0.4) is 0 Å². The van der Waals surface area contributed by atoms with E-state index < -0.39 is 5.97 Å². The van der Waals surface area contributed by atoms with Gasteiger partial charge < -0.3 is 10.1 Å². The van der Waals surface area contributed by atoms with Crippen molar-refractivity contribution in [2.24, 2.45) is 7.05 Å². The van der Waals surface area contributed by atoms with Crippen LogP contribution in [0.1, 0.15) is 29.9 Å². The van der Waals surface area contributed by atoms with Gasteiger partial charge in [-0.05, 0) is 19.1 Å². The standard InChI is InChI=1S/C19H21N3O4S2/c1-4-26-18(25)12-7-5-6-8-13(12)20-15(23)10-27-19-21-14-9-11(2)28-16(14)17(24)22(19)3/h5-8,11H,4,9-10H2,1-3H3,(H,20,23). The van der Waals surface area contributed by atoms with Crippen molar-refractivity contribution in [3.8, 4) is 0 Å². The fourth-order valence-electron chi connectivity index (χ4n) is 2.80. The number of para-hydroxylation sites is 1. The first kappa shape index (κ1) is 20.5. The molecule has 7 nitrogen and oxygen atoms in total. The van der Waals surface area contributed by atoms with Crippen molar-refractivity contribution in [3.05, 3.63) is 45.9 Å². The number of amides is 1. The zero-order chi connectivity index (χ0) is 20.3. The van der Waals surface area contributed by atoms with Crippen molar-refractivity contribution in [2.45, 2.75) is 35.6 Å². The average molecular weight is 420 g/mol. The van der Waals surface area contributed by atoms with E-state index >= 15 is 0 Å². The summed E-state index contributed by atoms with van der Waals surface area (Å²) in [7, 11) is 1.66. The molecule has 1 atom stereocenters. The van der Waals surface area contributed by atoms with E-state index in [1.165, 1.54) is 16.3 Å². The van der Waals surface area contributed by atoms with Crippen molar-refractivity contribution >= 4 is 41.1 Å². The third-order valence-electron chi connectivity index (χ3n) is 4.11. The topological polar surface area (TPSA) is 90.3 Å². The number of fused-ring (bicyclic) bond motifs is 1. The molecule has 0 fully saturated rings. The molecule has 1 unspecified atom stereocenters. The van der Waals surface area contributed by atoms with Crippen LogP contribution in [0.25, 0.3) is 0 Å². The summed E-state index contributed by atoms with van der Waals surface area (Å²) in [6, 6.07) is 6.69. The SMILES string of the molecule is CCOC(=O)c1ccccc1NC(=O)CSc1nc2c(c(=O)n1C)SC(C)C2. The summed E-state index contributed by atoms with van der Waals surface area (Å²) in [5, 5.41) is 3.57. The number of benzene rings is 1. The van der Waals surface area contributed by atoms with Crippen LogP contribution < -0.4 is 10.9 Å². The second kappa shape index (κ2) is 8.83. The van der Waals surface area contributed by atoms with Gasteiger partial charge in [0.1, 0.15) is 0 Å². The van der Waals surface area contributed by atoms with Gasteiger partial charge in [0.2, 0.25) is 5.91 Å². The summed E-state index contributed by atoms with van der Waals surface area (Å²) in [4.78, 5) is 42.2. The zero-order valence-electron chi connectivity index (χ0n) is 15.9. The van der Waals surface area contributed by atoms with E-state index in [1.807, 2.05) is 0 Å². The van der Waals surface area contributed by atoms with Gasteiger partial charge in [-0.2, -0.15) is 0 Å². The predicted octanol–water partition coefficient (Wildman–Crippen LogP) is 2.72. The summed E-state index contributed by atoms with van der Waals surface area (Å²) in [6.07, 6.45) is 0.753. The Labute approximate surface area is 171 Å². The van der Waals surface area contributed by atoms with Crippen LogP contribution in [-0.2, 0) is 23.0 Å². The number of hydrogen-bond donors (Lipinski definition) is 1. The van der Waals surface area contributed by atoms with Gasteiger partial charge in [0.05, 0.1) is 34.2 Å². The molecule has 1 aliphatic rings. The Kier molecular flexibility index (Phi) is 6.46. The molecule has 0 saturated carbocycles. The van der Waals surface area contributed by atoms with Crippen molar-refractivity contribution in [1.82, 2.24) is 9.55 Å². The number of aromatic nitrogens is 2. The van der Waals surface area contributed by atoms with Gasteiger partial charge >= 0.3 is 5.97 Å². The van der Waals surface area contributed by atoms with E-state index in [9.17, 15) is 14.4 Å². The fraction of sp³-hybridized carbons (Fsp3) is 0.368. The van der Waals surface area contributed by atoms with Gasteiger partial charge in [0.25, 0.3) is 5.56 Å². The molecule has 28 heavy (non-hydrogen) atoms. The first-order valence-electron chi connectivity index (χ1n) is 8.86. The molecule has 0 spiro atoms. The van der Waals surface area contributed by atoms with Crippen LogP contribution in [0.15, 0.2) is 39.1 Å². The highest BCUT2D eigenvalue weighted by atomic mass is 32.2. The number of rotatable bonds is 6. The van der Waals surface area contributed by atoms with E-state index in [1.54, 1.807) is 50.0 Å². The molecule has 0 bridgehead atoms. The number of nitrogens with zero attached hydrogens (tertiary/aromatic N) is 2. The summed E-state index contributed by atoms with van der Waals surface area (Å²) < 4.78 is 6.49. The Morgan fingerprint density at radius 3 is 2.89 bits per heavy atom. The molecule has 2 heterocycles. The van der Waals surface area contributed by atoms with E-state index in [4.69, 9.17) is 4.74 Å². The van der Waals surface area contributed by atoms with Crippen LogP contribution in [0, 0.1) is 0 Å². The largest absolute Gasteiger partial charge is 0.462 e. The summed E-state index contributed by atoms with van der Waals surface area (Å²) in [5.74, 6) is -0.710. The van der Waals surface area contributed by atoms with Crippen LogP contribution in [-0.4, -0.2) is 39.0 Å². The molecular formula is C19H21N3O4S2. The van der Waals surface area contributed by atoms with E-state index in [0.717, 1.165) is 12.1 Å². The minimum Gasteiger partial charge on any atom is -0.462 e. The normalized spacial score (nSPS) is 15.2. The molecule has 0 radical (unpaired) electrons. The first-order valence-corrected chi connectivity index (χ1v) is 10.7. The van der Waals surface area contributed by atoms with Crippen molar-refractivity contribution in [3.63, 3.8) is 0 Å². The van der Waals surface area contributed by atoms with Gasteiger partial charge in [-0.15, -0.1) is 11.8 Å². The molecule has 1 aliphatic heterocycles. The summed E-state index contributed by atoms with van der Waals surface area (Å²) >= 11 is 2.74. The van der Waals surface area contributed by atoms with Crippen LogP contribution >= 0.6 is 23.5 Å². The summed E-state index contributed by atoms with van der Waals surface area (Å²) in [5.41, 5.74) is 1.43. The van der Waals surface area contributed by atoms with Gasteiger partial charge in [-0.25, -0.2) is 9.78 Å². The number of ether oxygens (including phenoxy) is 1. The third kappa shape index (κ3) is 4.41. The highest BCUT2D eigenvalue weighted by Crippen LogP contribution is 2.33. The maximum absolute atomic E-state index is 12.5. The number of anilines is 1. The zero-order valence-corrected chi connectivity index (χ0v) is 17.5. The van der Waals surface area contributed by atoms with Crippen molar-refractivity contribution in [2.75, 3.05) is 17.7 Å². The van der Waals surface area contributed by atoms with Gasteiger partial charge in [0, 0.05) is 18.7 Å². The number of thioether (sulfide) groups is 2. The molecule has 1 N–H and O–H groups in total. The second-order valence-corrected chi connectivity index (χ2v) is 8.66. The Bertz CT molecular complexity index is 974. The maximum Gasteiger partial charge on any atom is 0.340 e. The highest BCUT2D eigenvalue weighted by molar-refractivity contribution is 8.00. The monoisotopic (exact) mass is 419 g/mol. The second-order valence-electron chi connectivity index (χ2n) is 6.27. The maximum atomic E-state index is 12.5. The van der Waals surface area contributed by atoms with Crippen molar-refractivity contribution < 1.29 is 14.3 Å². The Balaban J connectivity index is 1.70. The fourth-order valence-corrected chi connectivity index (χ4v) is 4.73. The van der Waals surface area contributed by atoms with E-state index in [2.05, 4.69) is 17.2 Å². The molecule has 2 aromatic rings. The highest BCUT2D eigenvalue weighted by Gasteiger charge is 2.25. The molecule has 9 heteroatoms. The average Bonchev–Trinajstić information content (AvgIpc) is 3.04. The number of hydrogen-bond acceptors (Lipinski definition) is 7. The summed E-state index contributed by atoms with van der Waals surface area (Å²) in [6.45, 7) is 4.04. The number of carbonyl (C=O) groups is 2. The smallest absolute Gasteiger partial charge is 0.340 e. The molecule has 0 saturated heterocycles. The van der Waals surface area contributed by atoms with Gasteiger partial charge in [0.15, 0.2) is 5.16 Å². The molecule has 1 aromatic carbocycles. The lowest BCUT2D eigenvalue weighted by Gasteiger charge is -2.11. The van der Waals surface area contributed by atoms with Crippen LogP contribution in [0.4, 0.5) is 5.69 Å². The predicted molar refractivity (Wildman–Crippen MR) is 110 cm³/mol. The number of esters is 1. The quantitative estimate of drug-likeness (QED) is 0.437. The Hall–Kier alpha value is -2.26. The van der Waals surface area contributed by atoms with Gasteiger partial charge in [-0.3, -0.25) is 14.2 Å². The molecule has 1 aromatic heterocycles. The minimum atomic E-state index is -0.486. The van der Waals surface area contributed by atoms with Crippen LogP contribution in [0.2, 0.25) is 0 Å². The minimum absolute atomic E-state index is 0.0684. The Morgan fingerprint density at radius 1 is 1.39 bits per heavy atom. The molecule has 3 rings (SSSR count). The van der Waals surface area contributed by atoms with Crippen LogP contribution in [0.5, 0.6) is 0 Å². The number of nitrogens with one attached hydrogen (secondary N) is 1. The molecular weight excluding hydrogens is 398 g/mol. The first-order chi connectivity index (χ1) is 13.4. The lowest BCUT2D eigenvalue weighted by atomic mass is 10.2. The number of carbonyl (C=O) groups excluding carboxylic acids is 2. The molecule has 148 valence electrons. The van der Waals surface area contributed by atoms with Crippen molar-refractivity contribution in [1.29, 1.82) is 0 Å².